The first-order chi connectivity index (χ1) is 9.36. The first kappa shape index (κ1) is 11.6. The first-order valence-corrected chi connectivity index (χ1v) is 8.20. The molecule has 0 saturated heterocycles. The van der Waals surface area contributed by atoms with Crippen molar-refractivity contribution in [1.82, 2.24) is 19.9 Å². The number of aryl methyl sites for hydroxylation is 1. The zero-order valence-corrected chi connectivity index (χ0v) is 12.2. The molecule has 0 aliphatic carbocycles. The molecule has 0 spiro atoms. The van der Waals surface area contributed by atoms with Crippen molar-refractivity contribution < 1.29 is 0 Å². The van der Waals surface area contributed by atoms with Crippen LogP contribution in [0.1, 0.15) is 34.2 Å². The lowest BCUT2D eigenvalue weighted by molar-refractivity contribution is 0.567. The summed E-state index contributed by atoms with van der Waals surface area (Å²) in [4.78, 5) is 8.39. The lowest BCUT2D eigenvalue weighted by atomic mass is 10.1. The highest BCUT2D eigenvalue weighted by atomic mass is 32.1. The molecule has 98 valence electrons. The van der Waals surface area contributed by atoms with Crippen LogP contribution in [0.4, 0.5) is 0 Å². The minimum Gasteiger partial charge on any atom is -0.304 e. The van der Waals surface area contributed by atoms with Gasteiger partial charge in [0.15, 0.2) is 5.82 Å². The summed E-state index contributed by atoms with van der Waals surface area (Å²) < 4.78 is 2.06. The van der Waals surface area contributed by atoms with E-state index in [1.54, 1.807) is 11.3 Å². The van der Waals surface area contributed by atoms with Gasteiger partial charge in [-0.05, 0) is 11.4 Å². The van der Waals surface area contributed by atoms with Crippen LogP contribution in [-0.2, 0) is 12.8 Å². The van der Waals surface area contributed by atoms with Gasteiger partial charge in [0.05, 0.1) is 16.6 Å². The van der Waals surface area contributed by atoms with Crippen molar-refractivity contribution in [3.8, 4) is 0 Å². The normalized spacial score (nSPS) is 18.9. The molecule has 1 atom stereocenters. The van der Waals surface area contributed by atoms with Crippen LogP contribution in [0.3, 0.4) is 0 Å². The van der Waals surface area contributed by atoms with Gasteiger partial charge in [-0.25, -0.2) is 9.50 Å². The zero-order valence-electron chi connectivity index (χ0n) is 10.6. The molecule has 0 fully saturated rings. The maximum absolute atomic E-state index is 4.61. The molecule has 3 aromatic heterocycles. The third-order valence-electron chi connectivity index (χ3n) is 3.48. The van der Waals surface area contributed by atoms with Crippen molar-refractivity contribution in [3.05, 3.63) is 38.8 Å². The molecular formula is C13H14N4S2. The van der Waals surface area contributed by atoms with E-state index in [1.807, 2.05) is 11.3 Å². The second-order valence-electron chi connectivity index (χ2n) is 4.64. The molecule has 6 heteroatoms. The Kier molecular flexibility index (Phi) is 2.68. The molecule has 4 heterocycles. The number of aromatic nitrogens is 3. The van der Waals surface area contributed by atoms with Gasteiger partial charge in [-0.15, -0.1) is 11.3 Å². The fourth-order valence-corrected chi connectivity index (χ4v) is 4.66. The summed E-state index contributed by atoms with van der Waals surface area (Å²) in [6.45, 7) is 3.10. The molecule has 1 unspecified atom stereocenters. The molecule has 19 heavy (non-hydrogen) atoms. The summed E-state index contributed by atoms with van der Waals surface area (Å²) in [5, 5.41) is 10.4. The average Bonchev–Trinajstić information content (AvgIpc) is 3.13. The molecule has 0 bridgehead atoms. The SMILES string of the molecule is CCc1nc2sc3c(n2n1)CCNC3c1cccs1. The molecule has 0 amide bonds. The number of nitrogens with one attached hydrogen (secondary N) is 1. The van der Waals surface area contributed by atoms with Crippen LogP contribution in [0.2, 0.25) is 0 Å². The van der Waals surface area contributed by atoms with Crippen LogP contribution in [-0.4, -0.2) is 21.1 Å². The molecule has 4 rings (SSSR count). The van der Waals surface area contributed by atoms with E-state index in [4.69, 9.17) is 0 Å². The van der Waals surface area contributed by atoms with Gasteiger partial charge in [-0.3, -0.25) is 0 Å². The van der Waals surface area contributed by atoms with Crippen molar-refractivity contribution in [3.63, 3.8) is 0 Å². The minimum absolute atomic E-state index is 0.322. The van der Waals surface area contributed by atoms with Crippen LogP contribution < -0.4 is 5.32 Å². The third kappa shape index (κ3) is 1.74. The monoisotopic (exact) mass is 290 g/mol. The van der Waals surface area contributed by atoms with Crippen LogP contribution in [0.5, 0.6) is 0 Å². The van der Waals surface area contributed by atoms with Crippen molar-refractivity contribution in [2.45, 2.75) is 25.8 Å². The smallest absolute Gasteiger partial charge is 0.212 e. The summed E-state index contributed by atoms with van der Waals surface area (Å²) >= 11 is 3.58. The second-order valence-corrected chi connectivity index (χ2v) is 6.63. The highest BCUT2D eigenvalue weighted by Gasteiger charge is 2.27. The number of fused-ring (bicyclic) bond motifs is 3. The number of nitrogens with zero attached hydrogens (tertiary/aromatic N) is 3. The number of hydrogen-bond donors (Lipinski definition) is 1. The van der Waals surface area contributed by atoms with E-state index in [0.717, 1.165) is 30.2 Å². The van der Waals surface area contributed by atoms with Crippen molar-refractivity contribution in [1.29, 1.82) is 0 Å². The fourth-order valence-electron chi connectivity index (χ4n) is 2.56. The van der Waals surface area contributed by atoms with E-state index in [2.05, 4.69) is 44.4 Å². The van der Waals surface area contributed by atoms with E-state index in [0.29, 0.717) is 6.04 Å². The predicted octanol–water partition coefficient (Wildman–Crippen LogP) is 2.65. The van der Waals surface area contributed by atoms with Gasteiger partial charge in [0.1, 0.15) is 0 Å². The van der Waals surface area contributed by atoms with Gasteiger partial charge >= 0.3 is 0 Å². The molecule has 3 aromatic rings. The highest BCUT2D eigenvalue weighted by molar-refractivity contribution is 7.17. The van der Waals surface area contributed by atoms with Gasteiger partial charge in [0, 0.05) is 24.3 Å². The maximum atomic E-state index is 4.61. The number of thiophene rings is 1. The van der Waals surface area contributed by atoms with Crippen LogP contribution in [0, 0.1) is 0 Å². The Morgan fingerprint density at radius 2 is 2.47 bits per heavy atom. The maximum Gasteiger partial charge on any atom is 0.212 e. The van der Waals surface area contributed by atoms with Gasteiger partial charge in [-0.1, -0.05) is 24.3 Å². The van der Waals surface area contributed by atoms with Gasteiger partial charge in [0.25, 0.3) is 0 Å². The van der Waals surface area contributed by atoms with Crippen molar-refractivity contribution >= 4 is 27.6 Å². The molecule has 4 nitrogen and oxygen atoms in total. The third-order valence-corrected chi connectivity index (χ3v) is 5.55. The molecule has 1 aliphatic rings. The Morgan fingerprint density at radius 3 is 3.26 bits per heavy atom. The molecule has 0 saturated carbocycles. The van der Waals surface area contributed by atoms with Gasteiger partial charge < -0.3 is 5.32 Å². The lowest BCUT2D eigenvalue weighted by Gasteiger charge is -2.22. The minimum atomic E-state index is 0.322. The summed E-state index contributed by atoms with van der Waals surface area (Å²) in [6.07, 6.45) is 1.93. The van der Waals surface area contributed by atoms with E-state index in [-0.39, 0.29) is 0 Å². The average molecular weight is 290 g/mol. The molecular weight excluding hydrogens is 276 g/mol. The topological polar surface area (TPSA) is 42.2 Å². The van der Waals surface area contributed by atoms with E-state index >= 15 is 0 Å². The zero-order chi connectivity index (χ0) is 12.8. The summed E-state index contributed by atoms with van der Waals surface area (Å²) in [5.74, 6) is 0.945. The summed E-state index contributed by atoms with van der Waals surface area (Å²) in [6, 6.07) is 4.63. The highest BCUT2D eigenvalue weighted by Crippen LogP contribution is 2.36. The van der Waals surface area contributed by atoms with E-state index in [9.17, 15) is 0 Å². The Labute approximate surface area is 119 Å². The molecule has 1 N–H and O–H groups in total. The standard InChI is InChI=1S/C13H14N4S2/c1-2-10-15-13-17(16-10)8-5-6-14-11(12(8)19-13)9-4-3-7-18-9/h3-4,7,11,14H,2,5-6H2,1H3. The van der Waals surface area contributed by atoms with Gasteiger partial charge in [-0.2, -0.15) is 5.10 Å². The number of hydrogen-bond acceptors (Lipinski definition) is 5. The Hall–Kier alpha value is -1.24. The van der Waals surface area contributed by atoms with Crippen LogP contribution in [0.15, 0.2) is 17.5 Å². The number of rotatable bonds is 2. The molecule has 0 radical (unpaired) electrons. The Balaban J connectivity index is 1.87. The van der Waals surface area contributed by atoms with Crippen LogP contribution in [0.25, 0.3) is 4.96 Å². The number of thiazole rings is 1. The molecule has 0 aromatic carbocycles. The van der Waals surface area contributed by atoms with Crippen LogP contribution >= 0.6 is 22.7 Å². The fraction of sp³-hybridized carbons (Fsp3) is 0.385. The molecule has 1 aliphatic heterocycles. The Morgan fingerprint density at radius 1 is 1.53 bits per heavy atom. The lowest BCUT2D eigenvalue weighted by Crippen LogP contribution is -2.29. The second kappa shape index (κ2) is 4.40. The predicted molar refractivity (Wildman–Crippen MR) is 78.1 cm³/mol. The largest absolute Gasteiger partial charge is 0.304 e. The summed E-state index contributed by atoms with van der Waals surface area (Å²) in [7, 11) is 0. The summed E-state index contributed by atoms with van der Waals surface area (Å²) in [5.41, 5.74) is 1.34. The van der Waals surface area contributed by atoms with E-state index < -0.39 is 0 Å². The van der Waals surface area contributed by atoms with Crippen molar-refractivity contribution in [2.75, 3.05) is 6.54 Å². The van der Waals surface area contributed by atoms with E-state index in [1.165, 1.54) is 15.4 Å². The van der Waals surface area contributed by atoms with Gasteiger partial charge in [0.2, 0.25) is 4.96 Å². The first-order valence-electron chi connectivity index (χ1n) is 6.51. The quantitative estimate of drug-likeness (QED) is 0.789. The Bertz CT molecular complexity index is 710. The van der Waals surface area contributed by atoms with Crippen molar-refractivity contribution in [2.24, 2.45) is 0 Å².